The topological polar surface area (TPSA) is 42.4 Å². The molecule has 0 spiro atoms. The number of methoxy groups -OCH3 is 1. The molecule has 2 aromatic carbocycles. The minimum Gasteiger partial charge on any atom is -0.497 e. The minimum atomic E-state index is -0.685. The molecule has 26 heavy (non-hydrogen) atoms. The SMILES string of the molecule is COc1ccc2c(c1)[C@@H](C)N1C(=O)c3cccnc3[C@]21c1ccccc1. The van der Waals surface area contributed by atoms with Gasteiger partial charge in [0.15, 0.2) is 0 Å². The van der Waals surface area contributed by atoms with Crippen LogP contribution in [0.3, 0.4) is 0 Å². The van der Waals surface area contributed by atoms with Crippen LogP contribution in [0.2, 0.25) is 0 Å². The second kappa shape index (κ2) is 5.18. The molecule has 0 aliphatic carbocycles. The fourth-order valence-electron chi connectivity index (χ4n) is 4.58. The number of carbonyl (C=O) groups excluding carboxylic acids is 1. The molecule has 0 radical (unpaired) electrons. The summed E-state index contributed by atoms with van der Waals surface area (Å²) in [5.74, 6) is 0.827. The van der Waals surface area contributed by atoms with E-state index in [1.165, 1.54) is 0 Å². The Kier molecular flexibility index (Phi) is 3.02. The highest BCUT2D eigenvalue weighted by Gasteiger charge is 2.60. The number of pyridine rings is 1. The van der Waals surface area contributed by atoms with Gasteiger partial charge in [-0.15, -0.1) is 0 Å². The van der Waals surface area contributed by atoms with Gasteiger partial charge in [0.2, 0.25) is 0 Å². The zero-order chi connectivity index (χ0) is 17.9. The highest BCUT2D eigenvalue weighted by molar-refractivity contribution is 6.02. The van der Waals surface area contributed by atoms with Crippen molar-refractivity contribution in [1.82, 2.24) is 9.88 Å². The monoisotopic (exact) mass is 342 g/mol. The molecule has 3 aromatic rings. The van der Waals surface area contributed by atoms with Gasteiger partial charge in [0, 0.05) is 6.20 Å². The van der Waals surface area contributed by atoms with Crippen LogP contribution >= 0.6 is 0 Å². The molecule has 0 bridgehead atoms. The lowest BCUT2D eigenvalue weighted by Gasteiger charge is -2.35. The second-order valence-electron chi connectivity index (χ2n) is 6.78. The second-order valence-corrected chi connectivity index (χ2v) is 6.78. The Labute approximate surface area is 152 Å². The molecular formula is C22H18N2O2. The number of carbonyl (C=O) groups is 1. The summed E-state index contributed by atoms with van der Waals surface area (Å²) in [7, 11) is 1.66. The molecule has 2 aliphatic rings. The first-order chi connectivity index (χ1) is 12.7. The number of aromatic nitrogens is 1. The molecule has 0 unspecified atom stereocenters. The first kappa shape index (κ1) is 15.1. The smallest absolute Gasteiger partial charge is 0.257 e. The molecular weight excluding hydrogens is 324 g/mol. The number of nitrogens with zero attached hydrogens (tertiary/aromatic N) is 2. The Bertz CT molecular complexity index is 1030. The molecule has 2 atom stereocenters. The molecule has 3 heterocycles. The third-order valence-corrected chi connectivity index (χ3v) is 5.64. The summed E-state index contributed by atoms with van der Waals surface area (Å²) >= 11 is 0. The third-order valence-electron chi connectivity index (χ3n) is 5.64. The van der Waals surface area contributed by atoms with Crippen molar-refractivity contribution in [2.24, 2.45) is 0 Å². The Morgan fingerprint density at radius 2 is 1.88 bits per heavy atom. The van der Waals surface area contributed by atoms with E-state index in [2.05, 4.69) is 30.1 Å². The molecule has 0 N–H and O–H groups in total. The van der Waals surface area contributed by atoms with E-state index in [0.29, 0.717) is 5.56 Å². The predicted molar refractivity (Wildman–Crippen MR) is 98.1 cm³/mol. The Balaban J connectivity index is 1.91. The average Bonchev–Trinajstić information content (AvgIpc) is 3.12. The lowest BCUT2D eigenvalue weighted by molar-refractivity contribution is 0.0631. The van der Waals surface area contributed by atoms with Gasteiger partial charge in [0.05, 0.1) is 24.4 Å². The van der Waals surface area contributed by atoms with Crippen molar-refractivity contribution in [2.45, 2.75) is 18.5 Å². The van der Waals surface area contributed by atoms with Crippen LogP contribution in [0.25, 0.3) is 0 Å². The largest absolute Gasteiger partial charge is 0.497 e. The van der Waals surface area contributed by atoms with Crippen LogP contribution in [0.1, 0.15) is 45.7 Å². The average molecular weight is 342 g/mol. The first-order valence-electron chi connectivity index (χ1n) is 8.72. The van der Waals surface area contributed by atoms with Crippen LogP contribution in [-0.2, 0) is 5.54 Å². The van der Waals surface area contributed by atoms with Crippen LogP contribution in [0.5, 0.6) is 5.75 Å². The van der Waals surface area contributed by atoms with Crippen LogP contribution in [0, 0.1) is 0 Å². The van der Waals surface area contributed by atoms with E-state index in [9.17, 15) is 4.79 Å². The Hall–Kier alpha value is -3.14. The molecule has 0 fully saturated rings. The van der Waals surface area contributed by atoms with Crippen LogP contribution in [0.4, 0.5) is 0 Å². The summed E-state index contributed by atoms with van der Waals surface area (Å²) in [4.78, 5) is 20.0. The zero-order valence-electron chi connectivity index (χ0n) is 14.6. The molecule has 4 nitrogen and oxygen atoms in total. The van der Waals surface area contributed by atoms with Gasteiger partial charge >= 0.3 is 0 Å². The molecule has 4 heteroatoms. The maximum absolute atomic E-state index is 13.3. The number of amides is 1. The van der Waals surface area contributed by atoms with Crippen molar-refractivity contribution < 1.29 is 9.53 Å². The van der Waals surface area contributed by atoms with E-state index in [4.69, 9.17) is 4.74 Å². The van der Waals surface area contributed by atoms with Crippen molar-refractivity contribution in [3.05, 3.63) is 94.8 Å². The number of rotatable bonds is 2. The summed E-state index contributed by atoms with van der Waals surface area (Å²) in [5, 5.41) is 0. The Morgan fingerprint density at radius 3 is 2.65 bits per heavy atom. The highest BCUT2D eigenvalue weighted by atomic mass is 16.5. The Morgan fingerprint density at radius 1 is 1.08 bits per heavy atom. The summed E-state index contributed by atoms with van der Waals surface area (Å²) in [6.45, 7) is 2.08. The molecule has 0 saturated heterocycles. The van der Waals surface area contributed by atoms with Crippen molar-refractivity contribution in [2.75, 3.05) is 7.11 Å². The van der Waals surface area contributed by atoms with Gasteiger partial charge in [-0.05, 0) is 47.9 Å². The van der Waals surface area contributed by atoms with E-state index in [0.717, 1.165) is 28.1 Å². The van der Waals surface area contributed by atoms with Crippen molar-refractivity contribution >= 4 is 5.91 Å². The third kappa shape index (κ3) is 1.64. The van der Waals surface area contributed by atoms with Gasteiger partial charge in [-0.1, -0.05) is 36.4 Å². The molecule has 0 saturated carbocycles. The minimum absolute atomic E-state index is 0.0274. The fraction of sp³-hybridized carbons (Fsp3) is 0.182. The van der Waals surface area contributed by atoms with Gasteiger partial charge in [-0.2, -0.15) is 0 Å². The molecule has 1 amide bonds. The number of benzene rings is 2. The maximum atomic E-state index is 13.3. The van der Waals surface area contributed by atoms with Crippen LogP contribution < -0.4 is 4.74 Å². The van der Waals surface area contributed by atoms with Gasteiger partial charge in [0.1, 0.15) is 11.3 Å². The zero-order valence-corrected chi connectivity index (χ0v) is 14.6. The van der Waals surface area contributed by atoms with E-state index >= 15 is 0 Å². The lowest BCUT2D eigenvalue weighted by atomic mass is 9.80. The number of ether oxygens (including phenoxy) is 1. The van der Waals surface area contributed by atoms with Crippen molar-refractivity contribution in [1.29, 1.82) is 0 Å². The fourth-order valence-corrected chi connectivity index (χ4v) is 4.58. The highest BCUT2D eigenvalue weighted by Crippen LogP contribution is 2.58. The number of hydrogen-bond donors (Lipinski definition) is 0. The summed E-state index contributed by atoms with van der Waals surface area (Å²) < 4.78 is 5.43. The molecule has 128 valence electrons. The number of fused-ring (bicyclic) bond motifs is 5. The molecule has 1 aromatic heterocycles. The van der Waals surface area contributed by atoms with Crippen LogP contribution in [0.15, 0.2) is 66.9 Å². The summed E-state index contributed by atoms with van der Waals surface area (Å²) in [6, 6.07) is 19.9. The molecule has 2 aliphatic heterocycles. The lowest BCUT2D eigenvalue weighted by Crippen LogP contribution is -2.41. The van der Waals surface area contributed by atoms with Gasteiger partial charge < -0.3 is 9.64 Å². The van der Waals surface area contributed by atoms with Gasteiger partial charge in [-0.25, -0.2) is 0 Å². The van der Waals surface area contributed by atoms with Gasteiger partial charge in [0.25, 0.3) is 5.91 Å². The maximum Gasteiger partial charge on any atom is 0.257 e. The number of hydrogen-bond acceptors (Lipinski definition) is 3. The van der Waals surface area contributed by atoms with Crippen molar-refractivity contribution in [3.63, 3.8) is 0 Å². The predicted octanol–water partition coefficient (Wildman–Crippen LogP) is 3.91. The van der Waals surface area contributed by atoms with E-state index < -0.39 is 5.54 Å². The molecule has 5 rings (SSSR count). The van der Waals surface area contributed by atoms with Gasteiger partial charge in [-0.3, -0.25) is 9.78 Å². The normalized spacial score (nSPS) is 22.8. The van der Waals surface area contributed by atoms with Crippen LogP contribution in [-0.4, -0.2) is 22.9 Å². The quantitative estimate of drug-likeness (QED) is 0.709. The van der Waals surface area contributed by atoms with E-state index in [-0.39, 0.29) is 11.9 Å². The standard InChI is InChI=1S/C22H18N2O2/c1-14-18-13-16(26-2)10-11-19(18)22(15-7-4-3-5-8-15)20-17(9-6-12-23-20)21(25)24(14)22/h3-14H,1-2H3/t14-,22+/m1/s1. The van der Waals surface area contributed by atoms with E-state index in [1.807, 2.05) is 47.4 Å². The summed E-state index contributed by atoms with van der Waals surface area (Å²) in [5.41, 5.74) is 4.08. The summed E-state index contributed by atoms with van der Waals surface area (Å²) in [6.07, 6.45) is 1.77. The first-order valence-corrected chi connectivity index (χ1v) is 8.72. The van der Waals surface area contributed by atoms with E-state index in [1.54, 1.807) is 13.3 Å². The van der Waals surface area contributed by atoms with Crippen molar-refractivity contribution in [3.8, 4) is 5.75 Å².